The van der Waals surface area contributed by atoms with Gasteiger partial charge in [-0.05, 0) is 38.0 Å². The van der Waals surface area contributed by atoms with Crippen molar-refractivity contribution in [2.75, 3.05) is 13.1 Å². The number of aryl methyl sites for hydroxylation is 1. The number of piperidine rings is 1. The van der Waals surface area contributed by atoms with Gasteiger partial charge in [0.15, 0.2) is 0 Å². The number of hydrogen-bond donors (Lipinski definition) is 0. The van der Waals surface area contributed by atoms with Crippen LogP contribution in [0.3, 0.4) is 0 Å². The van der Waals surface area contributed by atoms with Crippen LogP contribution in [0.15, 0.2) is 29.2 Å². The van der Waals surface area contributed by atoms with Crippen LogP contribution in [0.4, 0.5) is 0 Å². The van der Waals surface area contributed by atoms with Crippen LogP contribution in [0.25, 0.3) is 11.0 Å². The van der Waals surface area contributed by atoms with Crippen molar-refractivity contribution in [3.8, 4) is 0 Å². The smallest absolute Gasteiger partial charge is 0.265 e. The van der Waals surface area contributed by atoms with Crippen molar-refractivity contribution in [2.45, 2.75) is 26.3 Å². The first-order valence-electron chi connectivity index (χ1n) is 8.01. The van der Waals surface area contributed by atoms with Crippen molar-refractivity contribution in [2.24, 2.45) is 5.92 Å². The molecule has 7 heteroatoms. The Morgan fingerprint density at radius 1 is 1.33 bits per heavy atom. The molecule has 0 saturated carbocycles. The van der Waals surface area contributed by atoms with Crippen LogP contribution in [0.5, 0.6) is 0 Å². The molecule has 1 fully saturated rings. The summed E-state index contributed by atoms with van der Waals surface area (Å²) in [7, 11) is 0. The highest BCUT2D eigenvalue weighted by Gasteiger charge is 2.26. The second kappa shape index (κ2) is 6.43. The second-order valence-electron chi connectivity index (χ2n) is 5.91. The summed E-state index contributed by atoms with van der Waals surface area (Å²) in [6.45, 7) is 2.87. The first-order valence-corrected chi connectivity index (χ1v) is 8.01. The fourth-order valence-electron chi connectivity index (χ4n) is 3.14. The van der Waals surface area contributed by atoms with E-state index in [0.29, 0.717) is 38.1 Å². The number of fused-ring (bicyclic) bond motifs is 1. The van der Waals surface area contributed by atoms with E-state index in [2.05, 4.69) is 4.98 Å². The minimum absolute atomic E-state index is 0.101. The topological polar surface area (TPSA) is 95.3 Å². The minimum Gasteiger partial charge on any atom is -0.550 e. The van der Waals surface area contributed by atoms with Crippen molar-refractivity contribution in [1.29, 1.82) is 0 Å². The third-order valence-electron chi connectivity index (χ3n) is 4.51. The number of hydrogen-bond acceptors (Lipinski definition) is 5. The van der Waals surface area contributed by atoms with Gasteiger partial charge in [0.05, 0.1) is 0 Å². The molecule has 24 heavy (non-hydrogen) atoms. The number of carbonyl (C=O) groups is 2. The quantitative estimate of drug-likeness (QED) is 0.791. The number of aromatic nitrogens is 2. The summed E-state index contributed by atoms with van der Waals surface area (Å²) >= 11 is 0. The highest BCUT2D eigenvalue weighted by Crippen LogP contribution is 2.19. The molecule has 0 aromatic carbocycles. The highest BCUT2D eigenvalue weighted by atomic mass is 16.4. The zero-order chi connectivity index (χ0) is 17.3. The van der Waals surface area contributed by atoms with E-state index in [1.807, 2.05) is 13.0 Å². The SMILES string of the molecule is CCn1c(=O)c(C(=O)N2CCC(C(=O)[O-])CC2)cc2cccnc21. The Labute approximate surface area is 138 Å². The molecule has 0 aliphatic carbocycles. The molecule has 0 unspecified atom stereocenters. The Hall–Kier alpha value is -2.70. The zero-order valence-corrected chi connectivity index (χ0v) is 13.4. The molecule has 0 atom stereocenters. The molecule has 2 aromatic rings. The number of carboxylic acids is 1. The lowest BCUT2D eigenvalue weighted by Gasteiger charge is -2.32. The van der Waals surface area contributed by atoms with Crippen LogP contribution in [-0.4, -0.2) is 39.4 Å². The summed E-state index contributed by atoms with van der Waals surface area (Å²) in [6, 6.07) is 5.14. The summed E-state index contributed by atoms with van der Waals surface area (Å²) in [4.78, 5) is 42.1. The molecule has 0 N–H and O–H groups in total. The number of carboxylic acid groups (broad SMARTS) is 1. The van der Waals surface area contributed by atoms with Crippen LogP contribution >= 0.6 is 0 Å². The number of carbonyl (C=O) groups excluding carboxylic acids is 2. The van der Waals surface area contributed by atoms with Gasteiger partial charge >= 0.3 is 0 Å². The van der Waals surface area contributed by atoms with Gasteiger partial charge in [-0.2, -0.15) is 0 Å². The molecule has 2 aromatic heterocycles. The molecule has 1 aliphatic heterocycles. The predicted octanol–water partition coefficient (Wildman–Crippen LogP) is 0.0185. The highest BCUT2D eigenvalue weighted by molar-refractivity contribution is 5.97. The standard InChI is InChI=1S/C17H19N3O4/c1-2-20-14-12(4-3-7-18-14)10-13(16(20)22)15(21)19-8-5-11(6-9-19)17(23)24/h3-4,7,10-11H,2,5-6,8-9H2,1H3,(H,23,24)/p-1. The van der Waals surface area contributed by atoms with Gasteiger partial charge in [-0.25, -0.2) is 4.98 Å². The van der Waals surface area contributed by atoms with Crippen LogP contribution in [-0.2, 0) is 11.3 Å². The molecule has 3 heterocycles. The Bertz CT molecular complexity index is 851. The van der Waals surface area contributed by atoms with Gasteiger partial charge < -0.3 is 14.8 Å². The van der Waals surface area contributed by atoms with Crippen molar-refractivity contribution < 1.29 is 14.7 Å². The summed E-state index contributed by atoms with van der Waals surface area (Å²) in [5, 5.41) is 11.6. The molecule has 0 spiro atoms. The molecule has 0 bridgehead atoms. The zero-order valence-electron chi connectivity index (χ0n) is 13.4. The molecule has 1 amide bonds. The van der Waals surface area contributed by atoms with E-state index in [4.69, 9.17) is 0 Å². The van der Waals surface area contributed by atoms with Crippen molar-refractivity contribution >= 4 is 22.9 Å². The summed E-state index contributed by atoms with van der Waals surface area (Å²) < 4.78 is 1.48. The van der Waals surface area contributed by atoms with Gasteiger partial charge in [0.25, 0.3) is 11.5 Å². The number of nitrogens with zero attached hydrogens (tertiary/aromatic N) is 3. The number of rotatable bonds is 3. The number of likely N-dealkylation sites (tertiary alicyclic amines) is 1. The maximum atomic E-state index is 12.7. The van der Waals surface area contributed by atoms with Gasteiger partial charge in [0, 0.05) is 43.1 Å². The normalized spacial score (nSPS) is 15.6. The van der Waals surface area contributed by atoms with Crippen molar-refractivity contribution in [3.05, 3.63) is 40.3 Å². The van der Waals surface area contributed by atoms with Crippen molar-refractivity contribution in [1.82, 2.24) is 14.5 Å². The molecule has 0 radical (unpaired) electrons. The number of amides is 1. The monoisotopic (exact) mass is 328 g/mol. The molecular weight excluding hydrogens is 310 g/mol. The third kappa shape index (κ3) is 2.77. The lowest BCUT2D eigenvalue weighted by Crippen LogP contribution is -2.45. The van der Waals surface area contributed by atoms with Gasteiger partial charge in [0.2, 0.25) is 0 Å². The summed E-state index contributed by atoms with van der Waals surface area (Å²) in [5.41, 5.74) is 0.289. The first kappa shape index (κ1) is 16.2. The molecule has 1 saturated heterocycles. The Morgan fingerprint density at radius 2 is 2.04 bits per heavy atom. The van der Waals surface area contributed by atoms with Crippen LogP contribution in [0, 0.1) is 5.92 Å². The lowest BCUT2D eigenvalue weighted by molar-refractivity contribution is -0.312. The molecule has 7 nitrogen and oxygen atoms in total. The number of pyridine rings is 2. The Morgan fingerprint density at radius 3 is 2.67 bits per heavy atom. The van der Waals surface area contributed by atoms with E-state index in [9.17, 15) is 19.5 Å². The van der Waals surface area contributed by atoms with Crippen LogP contribution in [0.2, 0.25) is 0 Å². The minimum atomic E-state index is -1.08. The van der Waals surface area contributed by atoms with E-state index in [1.165, 1.54) is 4.57 Å². The Balaban J connectivity index is 1.95. The van der Waals surface area contributed by atoms with E-state index in [0.717, 1.165) is 5.39 Å². The first-order chi connectivity index (χ1) is 11.5. The maximum Gasteiger partial charge on any atom is 0.265 e. The molecule has 126 valence electrons. The second-order valence-corrected chi connectivity index (χ2v) is 5.91. The summed E-state index contributed by atoms with van der Waals surface area (Å²) in [5.74, 6) is -1.96. The average molecular weight is 328 g/mol. The van der Waals surface area contributed by atoms with Crippen LogP contribution < -0.4 is 10.7 Å². The average Bonchev–Trinajstić information content (AvgIpc) is 2.60. The van der Waals surface area contributed by atoms with Crippen molar-refractivity contribution in [3.63, 3.8) is 0 Å². The third-order valence-corrected chi connectivity index (χ3v) is 4.51. The maximum absolute atomic E-state index is 12.7. The van der Waals surface area contributed by atoms with Gasteiger partial charge in [-0.1, -0.05) is 0 Å². The number of aliphatic carboxylic acids is 1. The summed E-state index contributed by atoms with van der Waals surface area (Å²) in [6.07, 6.45) is 2.32. The van der Waals surface area contributed by atoms with E-state index >= 15 is 0 Å². The largest absolute Gasteiger partial charge is 0.550 e. The molecule has 3 rings (SSSR count). The van der Waals surface area contributed by atoms with E-state index < -0.39 is 11.9 Å². The fraction of sp³-hybridized carbons (Fsp3) is 0.412. The van der Waals surface area contributed by atoms with Gasteiger partial charge in [0.1, 0.15) is 11.2 Å². The molecular formula is C17H18N3O4-. The van der Waals surface area contributed by atoms with E-state index in [1.54, 1.807) is 23.2 Å². The van der Waals surface area contributed by atoms with E-state index in [-0.39, 0.29) is 17.0 Å². The Kier molecular flexibility index (Phi) is 4.33. The van der Waals surface area contributed by atoms with Gasteiger partial charge in [-0.3, -0.25) is 14.2 Å². The lowest BCUT2D eigenvalue weighted by atomic mass is 9.96. The predicted molar refractivity (Wildman–Crippen MR) is 85.3 cm³/mol. The fourth-order valence-corrected chi connectivity index (χ4v) is 3.14. The van der Waals surface area contributed by atoms with Gasteiger partial charge in [-0.15, -0.1) is 0 Å². The molecule has 1 aliphatic rings. The van der Waals surface area contributed by atoms with Crippen LogP contribution in [0.1, 0.15) is 30.1 Å².